The average Bonchev–Trinajstić information content (AvgIpc) is 3.58. The van der Waals surface area contributed by atoms with Crippen molar-refractivity contribution < 1.29 is 4.42 Å². The van der Waals surface area contributed by atoms with Crippen LogP contribution in [0.15, 0.2) is 190 Å². The van der Waals surface area contributed by atoms with Crippen LogP contribution in [0.25, 0.3) is 65.7 Å². The molecule has 0 aliphatic rings. The van der Waals surface area contributed by atoms with Crippen LogP contribution in [0.5, 0.6) is 0 Å². The highest BCUT2D eigenvalue weighted by molar-refractivity contribution is 6.18. The Morgan fingerprint density at radius 3 is 2.02 bits per heavy atom. The van der Waals surface area contributed by atoms with E-state index in [2.05, 4.69) is 127 Å². The molecule has 1 aromatic heterocycles. The van der Waals surface area contributed by atoms with E-state index in [1.54, 1.807) is 0 Å². The van der Waals surface area contributed by atoms with Crippen molar-refractivity contribution in [3.05, 3.63) is 193 Å². The number of hydrogen-bond acceptors (Lipinski definition) is 2. The number of hydrogen-bond donors (Lipinski definition) is 1. The van der Waals surface area contributed by atoms with E-state index >= 15 is 0 Å². The lowest BCUT2D eigenvalue weighted by Crippen LogP contribution is -2.16. The zero-order valence-corrected chi connectivity index (χ0v) is 27.8. The van der Waals surface area contributed by atoms with Gasteiger partial charge in [0.2, 0.25) is 0 Å². The minimum Gasteiger partial charge on any atom is -0.456 e. The lowest BCUT2D eigenvalue weighted by Gasteiger charge is -2.13. The SMILES string of the molecule is N/C(=N\C(=N/Cc1ccc(-c2ccc3ccccc3c2)cc1)c1cc(-c2cccc3oc4ccccc4c23)c2ccccc2c1)c1ccccc1. The van der Waals surface area contributed by atoms with Crippen LogP contribution in [0.4, 0.5) is 0 Å². The lowest BCUT2D eigenvalue weighted by atomic mass is 9.92. The van der Waals surface area contributed by atoms with Crippen molar-refractivity contribution in [3.8, 4) is 22.3 Å². The van der Waals surface area contributed by atoms with E-state index in [0.717, 1.165) is 60.5 Å². The molecule has 4 heteroatoms. The molecule has 0 spiro atoms. The maximum atomic E-state index is 6.67. The highest BCUT2D eigenvalue weighted by atomic mass is 16.3. The van der Waals surface area contributed by atoms with E-state index < -0.39 is 0 Å². The molecule has 0 radical (unpaired) electrons. The van der Waals surface area contributed by atoms with E-state index in [0.29, 0.717) is 18.2 Å². The highest BCUT2D eigenvalue weighted by Gasteiger charge is 2.17. The molecule has 0 atom stereocenters. The van der Waals surface area contributed by atoms with Gasteiger partial charge in [-0.1, -0.05) is 146 Å². The summed E-state index contributed by atoms with van der Waals surface area (Å²) in [5, 5.41) is 6.88. The van der Waals surface area contributed by atoms with Gasteiger partial charge in [-0.2, -0.15) is 0 Å². The van der Waals surface area contributed by atoms with Crippen LogP contribution >= 0.6 is 0 Å². The second-order valence-corrected chi connectivity index (χ2v) is 12.8. The van der Waals surface area contributed by atoms with Gasteiger partial charge in [-0.05, 0) is 79.7 Å². The van der Waals surface area contributed by atoms with Crippen LogP contribution in [0, 0.1) is 0 Å². The standard InChI is InChI=1S/C47H33N3O/c48-46(34-12-2-1-3-13-34)50-47(49-30-31-21-23-33(24-22-31)36-26-25-32-11-4-5-14-35(32)27-36)38-28-37-15-6-7-16-39(37)42(29-38)40-18-10-20-44-45(40)41-17-8-9-19-43(41)51-44/h1-29H,30H2,(H2,48,49,50). The fourth-order valence-corrected chi connectivity index (χ4v) is 6.98. The summed E-state index contributed by atoms with van der Waals surface area (Å²) in [5.41, 5.74) is 15.8. The number of fused-ring (bicyclic) bond motifs is 5. The summed E-state index contributed by atoms with van der Waals surface area (Å²) >= 11 is 0. The molecule has 0 bridgehead atoms. The zero-order valence-electron chi connectivity index (χ0n) is 27.8. The third kappa shape index (κ3) is 5.83. The maximum Gasteiger partial charge on any atom is 0.157 e. The number of nitrogens with two attached hydrogens (primary N) is 1. The summed E-state index contributed by atoms with van der Waals surface area (Å²) < 4.78 is 6.29. The van der Waals surface area contributed by atoms with Crippen LogP contribution < -0.4 is 5.73 Å². The number of amidine groups is 2. The van der Waals surface area contributed by atoms with Crippen LogP contribution in [-0.2, 0) is 6.54 Å². The van der Waals surface area contributed by atoms with Crippen LogP contribution in [0.1, 0.15) is 16.7 Å². The summed E-state index contributed by atoms with van der Waals surface area (Å²) in [7, 11) is 0. The normalized spacial score (nSPS) is 12.3. The number of benzene rings is 8. The van der Waals surface area contributed by atoms with Gasteiger partial charge in [0.25, 0.3) is 0 Å². The first-order valence-corrected chi connectivity index (χ1v) is 17.1. The second kappa shape index (κ2) is 12.9. The summed E-state index contributed by atoms with van der Waals surface area (Å²) in [4.78, 5) is 10.1. The molecule has 0 aliphatic carbocycles. The first kappa shape index (κ1) is 30.3. The van der Waals surface area contributed by atoms with Gasteiger partial charge in [-0.15, -0.1) is 0 Å². The van der Waals surface area contributed by atoms with Crippen molar-refractivity contribution in [3.63, 3.8) is 0 Å². The first-order valence-electron chi connectivity index (χ1n) is 17.1. The van der Waals surface area contributed by atoms with Gasteiger partial charge < -0.3 is 10.2 Å². The number of para-hydroxylation sites is 1. The lowest BCUT2D eigenvalue weighted by molar-refractivity contribution is 0.669. The Bertz CT molecular complexity index is 2780. The molecule has 9 rings (SSSR count). The second-order valence-electron chi connectivity index (χ2n) is 12.8. The summed E-state index contributed by atoms with van der Waals surface area (Å²) in [6.45, 7) is 0.447. The Morgan fingerprint density at radius 1 is 0.490 bits per heavy atom. The topological polar surface area (TPSA) is 63.9 Å². The van der Waals surface area contributed by atoms with Gasteiger partial charge in [0, 0.05) is 21.9 Å². The van der Waals surface area contributed by atoms with Crippen molar-refractivity contribution in [1.29, 1.82) is 0 Å². The Labute approximate surface area is 295 Å². The van der Waals surface area contributed by atoms with Crippen LogP contribution in [-0.4, -0.2) is 11.7 Å². The molecule has 0 unspecified atom stereocenters. The molecule has 0 saturated heterocycles. The Morgan fingerprint density at radius 2 is 1.18 bits per heavy atom. The molecule has 9 aromatic rings. The first-order chi connectivity index (χ1) is 25.2. The third-order valence-corrected chi connectivity index (χ3v) is 9.56. The molecule has 1 heterocycles. The summed E-state index contributed by atoms with van der Waals surface area (Å²) in [6, 6.07) is 60.8. The monoisotopic (exact) mass is 655 g/mol. The number of rotatable bonds is 6. The minimum atomic E-state index is 0.415. The van der Waals surface area contributed by atoms with Gasteiger partial charge in [-0.25, -0.2) is 4.99 Å². The van der Waals surface area contributed by atoms with E-state index in [4.69, 9.17) is 20.1 Å². The third-order valence-electron chi connectivity index (χ3n) is 9.56. The Balaban J connectivity index is 1.16. The average molecular weight is 656 g/mol. The van der Waals surface area contributed by atoms with Crippen molar-refractivity contribution in [1.82, 2.24) is 0 Å². The molecule has 0 aliphatic heterocycles. The minimum absolute atomic E-state index is 0.415. The van der Waals surface area contributed by atoms with Gasteiger partial charge in [0.1, 0.15) is 17.0 Å². The van der Waals surface area contributed by atoms with Gasteiger partial charge in [-0.3, -0.25) is 4.99 Å². The molecule has 0 saturated carbocycles. The number of nitrogens with zero attached hydrogens (tertiary/aromatic N) is 2. The molecule has 0 fully saturated rings. The fraction of sp³-hybridized carbons (Fsp3) is 0.0213. The molecule has 2 N–H and O–H groups in total. The number of furan rings is 1. The fourth-order valence-electron chi connectivity index (χ4n) is 6.98. The van der Waals surface area contributed by atoms with Crippen molar-refractivity contribution in [2.24, 2.45) is 15.7 Å². The van der Waals surface area contributed by atoms with Gasteiger partial charge in [0.15, 0.2) is 5.84 Å². The van der Waals surface area contributed by atoms with Gasteiger partial charge >= 0.3 is 0 Å². The molecular weight excluding hydrogens is 623 g/mol. The molecule has 0 amide bonds. The highest BCUT2D eigenvalue weighted by Crippen LogP contribution is 2.40. The summed E-state index contributed by atoms with van der Waals surface area (Å²) in [5.74, 6) is 0.991. The van der Waals surface area contributed by atoms with Gasteiger partial charge in [0.05, 0.1) is 6.54 Å². The quantitative estimate of drug-likeness (QED) is 0.143. The molecule has 242 valence electrons. The maximum absolute atomic E-state index is 6.67. The molecule has 8 aromatic carbocycles. The molecule has 51 heavy (non-hydrogen) atoms. The Hall–Kier alpha value is -6.78. The van der Waals surface area contributed by atoms with E-state index in [9.17, 15) is 0 Å². The van der Waals surface area contributed by atoms with E-state index in [-0.39, 0.29) is 0 Å². The van der Waals surface area contributed by atoms with Crippen molar-refractivity contribution in [2.45, 2.75) is 6.54 Å². The molecular formula is C47H33N3O. The van der Waals surface area contributed by atoms with Crippen LogP contribution in [0.2, 0.25) is 0 Å². The van der Waals surface area contributed by atoms with Crippen molar-refractivity contribution in [2.75, 3.05) is 0 Å². The molecule has 4 nitrogen and oxygen atoms in total. The smallest absolute Gasteiger partial charge is 0.157 e. The zero-order chi connectivity index (χ0) is 34.1. The largest absolute Gasteiger partial charge is 0.456 e. The van der Waals surface area contributed by atoms with Crippen molar-refractivity contribution >= 4 is 55.2 Å². The number of aliphatic imine (C=N–C) groups is 2. The summed E-state index contributed by atoms with van der Waals surface area (Å²) in [6.07, 6.45) is 0. The van der Waals surface area contributed by atoms with E-state index in [1.807, 2.05) is 48.5 Å². The van der Waals surface area contributed by atoms with Crippen LogP contribution in [0.3, 0.4) is 0 Å². The van der Waals surface area contributed by atoms with E-state index in [1.165, 1.54) is 21.9 Å². The predicted octanol–water partition coefficient (Wildman–Crippen LogP) is 11.6. The Kier molecular flexibility index (Phi) is 7.67. The predicted molar refractivity (Wildman–Crippen MR) is 213 cm³/mol.